The number of fused-ring (bicyclic) bond motifs is 1. The summed E-state index contributed by atoms with van der Waals surface area (Å²) in [6.45, 7) is 3.69. The monoisotopic (exact) mass is 271 g/mol. The van der Waals surface area contributed by atoms with Gasteiger partial charge in [-0.2, -0.15) is 0 Å². The highest BCUT2D eigenvalue weighted by Crippen LogP contribution is 2.24. The molecule has 0 aliphatic heterocycles. The van der Waals surface area contributed by atoms with Crippen molar-refractivity contribution in [3.05, 3.63) is 35.5 Å². The predicted molar refractivity (Wildman–Crippen MR) is 81.2 cm³/mol. The normalized spacial score (nSPS) is 10.9. The zero-order valence-electron chi connectivity index (χ0n) is 12.2. The predicted octanol–water partition coefficient (Wildman–Crippen LogP) is 4.06. The molecule has 0 unspecified atom stereocenters. The minimum Gasteiger partial charge on any atom is -0.360 e. The van der Waals surface area contributed by atoms with Gasteiger partial charge in [-0.15, -0.1) is 0 Å². The Morgan fingerprint density at radius 2 is 1.90 bits per heavy atom. The number of H-pyrrole nitrogens is 1. The maximum absolute atomic E-state index is 12.3. The first-order chi connectivity index (χ1) is 9.63. The van der Waals surface area contributed by atoms with Crippen molar-refractivity contribution in [2.75, 3.05) is 0 Å². The molecular formula is C17H21NO2. The number of benzene rings is 1. The number of aromatic amines is 1. The van der Waals surface area contributed by atoms with E-state index in [0.29, 0.717) is 12.8 Å². The zero-order chi connectivity index (χ0) is 14.5. The Balaban J connectivity index is 2.12. The topological polar surface area (TPSA) is 49.9 Å². The molecule has 0 saturated carbocycles. The van der Waals surface area contributed by atoms with Gasteiger partial charge < -0.3 is 9.78 Å². The summed E-state index contributed by atoms with van der Waals surface area (Å²) < 4.78 is 0. The Morgan fingerprint density at radius 1 is 1.15 bits per heavy atom. The zero-order valence-corrected chi connectivity index (χ0v) is 12.2. The fraction of sp³-hybridized carbons (Fsp3) is 0.412. The van der Waals surface area contributed by atoms with Crippen LogP contribution in [0, 0.1) is 0 Å². The van der Waals surface area contributed by atoms with Crippen molar-refractivity contribution in [2.24, 2.45) is 0 Å². The summed E-state index contributed by atoms with van der Waals surface area (Å²) in [6.07, 6.45) is 5.39. The van der Waals surface area contributed by atoms with E-state index >= 15 is 0 Å². The summed E-state index contributed by atoms with van der Waals surface area (Å²) in [7, 11) is 0. The van der Waals surface area contributed by atoms with Crippen molar-refractivity contribution >= 4 is 22.5 Å². The molecule has 0 atom stereocenters. The van der Waals surface area contributed by atoms with Gasteiger partial charge in [-0.05, 0) is 37.8 Å². The van der Waals surface area contributed by atoms with Gasteiger partial charge in [-0.3, -0.25) is 4.79 Å². The van der Waals surface area contributed by atoms with Crippen molar-refractivity contribution in [3.63, 3.8) is 0 Å². The third-order valence-electron chi connectivity index (χ3n) is 3.66. The summed E-state index contributed by atoms with van der Waals surface area (Å²) in [6, 6.07) is 6.09. The highest BCUT2D eigenvalue weighted by molar-refractivity contribution is 6.08. The number of nitrogens with one attached hydrogen (secondary N) is 1. The number of ketones is 2. The van der Waals surface area contributed by atoms with E-state index in [9.17, 15) is 9.59 Å². The summed E-state index contributed by atoms with van der Waals surface area (Å²) in [5, 5.41) is 1.06. The van der Waals surface area contributed by atoms with Crippen molar-refractivity contribution < 1.29 is 9.59 Å². The van der Waals surface area contributed by atoms with E-state index in [2.05, 4.69) is 18.0 Å². The molecule has 0 aliphatic rings. The standard InChI is InChI=1S/C17H21NO2/c1-3-13-8-6-9-15-17(13)14(11-18-15)16(20)10-5-4-7-12(2)19/h6,8-9,11,18H,3-5,7,10H2,1-2H3. The van der Waals surface area contributed by atoms with Crippen LogP contribution in [0.4, 0.5) is 0 Å². The Bertz CT molecular complexity index is 625. The second-order valence-corrected chi connectivity index (χ2v) is 5.23. The van der Waals surface area contributed by atoms with Gasteiger partial charge in [0.25, 0.3) is 0 Å². The molecule has 1 N–H and O–H groups in total. The van der Waals surface area contributed by atoms with E-state index in [1.807, 2.05) is 18.3 Å². The first kappa shape index (κ1) is 14.5. The maximum Gasteiger partial charge on any atom is 0.165 e. The number of aromatic nitrogens is 1. The second kappa shape index (κ2) is 6.51. The van der Waals surface area contributed by atoms with E-state index in [-0.39, 0.29) is 11.6 Å². The Hall–Kier alpha value is -1.90. The number of carbonyl (C=O) groups is 2. The molecule has 0 saturated heterocycles. The van der Waals surface area contributed by atoms with Crippen molar-refractivity contribution in [1.29, 1.82) is 0 Å². The van der Waals surface area contributed by atoms with E-state index in [0.717, 1.165) is 35.7 Å². The fourth-order valence-electron chi connectivity index (χ4n) is 2.57. The van der Waals surface area contributed by atoms with Gasteiger partial charge in [-0.1, -0.05) is 19.1 Å². The van der Waals surface area contributed by atoms with Crippen LogP contribution in [0.5, 0.6) is 0 Å². The van der Waals surface area contributed by atoms with E-state index in [4.69, 9.17) is 0 Å². The fourth-order valence-corrected chi connectivity index (χ4v) is 2.57. The lowest BCUT2D eigenvalue weighted by Gasteiger charge is -2.03. The number of aryl methyl sites for hydroxylation is 1. The summed E-state index contributed by atoms with van der Waals surface area (Å²) in [5.41, 5.74) is 3.02. The van der Waals surface area contributed by atoms with E-state index in [1.54, 1.807) is 6.92 Å². The number of unbranched alkanes of at least 4 members (excludes halogenated alkanes) is 1. The molecule has 0 spiro atoms. The first-order valence-electron chi connectivity index (χ1n) is 7.25. The Labute approximate surface area is 119 Å². The molecule has 0 fully saturated rings. The third-order valence-corrected chi connectivity index (χ3v) is 3.66. The molecule has 0 amide bonds. The van der Waals surface area contributed by atoms with Crippen molar-refractivity contribution in [1.82, 2.24) is 4.98 Å². The summed E-state index contributed by atoms with van der Waals surface area (Å²) in [4.78, 5) is 26.4. The average molecular weight is 271 g/mol. The number of rotatable bonds is 7. The van der Waals surface area contributed by atoms with Crippen LogP contribution in [0.2, 0.25) is 0 Å². The molecule has 2 rings (SSSR count). The van der Waals surface area contributed by atoms with Crippen LogP contribution >= 0.6 is 0 Å². The van der Waals surface area contributed by atoms with Crippen molar-refractivity contribution in [2.45, 2.75) is 46.0 Å². The maximum atomic E-state index is 12.3. The second-order valence-electron chi connectivity index (χ2n) is 5.23. The molecule has 1 aromatic heterocycles. The molecule has 3 nitrogen and oxygen atoms in total. The number of Topliss-reactive ketones (excluding diaryl/α,β-unsaturated/α-hetero) is 2. The number of hydrogen-bond donors (Lipinski definition) is 1. The van der Waals surface area contributed by atoms with Crippen LogP contribution in [-0.4, -0.2) is 16.6 Å². The smallest absolute Gasteiger partial charge is 0.165 e. The van der Waals surface area contributed by atoms with Crippen LogP contribution in [0.1, 0.15) is 55.5 Å². The van der Waals surface area contributed by atoms with Crippen LogP contribution in [0.25, 0.3) is 10.9 Å². The van der Waals surface area contributed by atoms with Crippen LogP contribution in [-0.2, 0) is 11.2 Å². The molecule has 3 heteroatoms. The SMILES string of the molecule is CCc1cccc2[nH]cc(C(=O)CCCCC(C)=O)c12. The summed E-state index contributed by atoms with van der Waals surface area (Å²) >= 11 is 0. The number of hydrogen-bond acceptors (Lipinski definition) is 2. The quantitative estimate of drug-likeness (QED) is 0.609. The minimum atomic E-state index is 0.167. The summed E-state index contributed by atoms with van der Waals surface area (Å²) in [5.74, 6) is 0.360. The molecular weight excluding hydrogens is 250 g/mol. The highest BCUT2D eigenvalue weighted by Gasteiger charge is 2.14. The van der Waals surface area contributed by atoms with E-state index in [1.165, 1.54) is 5.56 Å². The van der Waals surface area contributed by atoms with Gasteiger partial charge in [0.1, 0.15) is 5.78 Å². The van der Waals surface area contributed by atoms with Crippen LogP contribution < -0.4 is 0 Å². The molecule has 0 aliphatic carbocycles. The minimum absolute atomic E-state index is 0.167. The molecule has 1 aromatic carbocycles. The van der Waals surface area contributed by atoms with Crippen LogP contribution in [0.15, 0.2) is 24.4 Å². The average Bonchev–Trinajstić information content (AvgIpc) is 2.87. The molecule has 106 valence electrons. The Morgan fingerprint density at radius 3 is 2.60 bits per heavy atom. The highest BCUT2D eigenvalue weighted by atomic mass is 16.1. The van der Waals surface area contributed by atoms with Gasteiger partial charge in [0.15, 0.2) is 5.78 Å². The van der Waals surface area contributed by atoms with Crippen LogP contribution in [0.3, 0.4) is 0 Å². The molecule has 1 heterocycles. The lowest BCUT2D eigenvalue weighted by Crippen LogP contribution is -2.00. The van der Waals surface area contributed by atoms with E-state index < -0.39 is 0 Å². The largest absolute Gasteiger partial charge is 0.360 e. The van der Waals surface area contributed by atoms with Crippen molar-refractivity contribution in [3.8, 4) is 0 Å². The van der Waals surface area contributed by atoms with Gasteiger partial charge in [0.05, 0.1) is 0 Å². The third kappa shape index (κ3) is 3.16. The lowest BCUT2D eigenvalue weighted by molar-refractivity contribution is -0.117. The van der Waals surface area contributed by atoms with Gasteiger partial charge >= 0.3 is 0 Å². The van der Waals surface area contributed by atoms with Gasteiger partial charge in [-0.25, -0.2) is 0 Å². The number of carbonyl (C=O) groups excluding carboxylic acids is 2. The molecule has 2 aromatic rings. The lowest BCUT2D eigenvalue weighted by atomic mass is 9.99. The Kier molecular flexibility index (Phi) is 4.72. The van der Waals surface area contributed by atoms with Gasteiger partial charge in [0, 0.05) is 35.5 Å². The van der Waals surface area contributed by atoms with Gasteiger partial charge in [0.2, 0.25) is 0 Å². The molecule has 0 radical (unpaired) electrons. The first-order valence-corrected chi connectivity index (χ1v) is 7.25. The molecule has 20 heavy (non-hydrogen) atoms. The molecule has 0 bridgehead atoms.